The molecule has 30 heavy (non-hydrogen) atoms. The number of hydrogen-bond donors (Lipinski definition) is 1. The van der Waals surface area contributed by atoms with E-state index in [4.69, 9.17) is 14.5 Å². The number of hydrogen-bond acceptors (Lipinski definition) is 6. The fraction of sp³-hybridized carbons (Fsp3) is 0.261. The van der Waals surface area contributed by atoms with Gasteiger partial charge in [0.1, 0.15) is 23.9 Å². The number of benzene rings is 1. The van der Waals surface area contributed by atoms with Gasteiger partial charge in [-0.05, 0) is 48.4 Å². The monoisotopic (exact) mass is 402 g/mol. The van der Waals surface area contributed by atoms with E-state index in [0.717, 1.165) is 47.0 Å². The molecule has 0 fully saturated rings. The zero-order chi connectivity index (χ0) is 20.5. The Morgan fingerprint density at radius 2 is 2.23 bits per heavy atom. The molecule has 2 aliphatic rings. The van der Waals surface area contributed by atoms with Crippen LogP contribution in [0.3, 0.4) is 0 Å². The molecule has 4 heterocycles. The second-order valence-corrected chi connectivity index (χ2v) is 7.54. The Hall–Kier alpha value is -3.45. The molecule has 5 rings (SSSR count). The smallest absolute Gasteiger partial charge is 0.254 e. The van der Waals surface area contributed by atoms with Crippen LogP contribution in [0.25, 0.3) is 17.5 Å². The van der Waals surface area contributed by atoms with Gasteiger partial charge >= 0.3 is 0 Å². The summed E-state index contributed by atoms with van der Waals surface area (Å²) in [5.74, 6) is 2.25. The van der Waals surface area contributed by atoms with Crippen LogP contribution in [0.4, 0.5) is 0 Å². The standard InChI is InChI=1S/C23H22N4O3/c1-29-18-4-5-21-17(10-18)9-15(14-30-21)12-27-8-6-19-20(13-27)25-22(26-23(19)28)16-3-2-7-24-11-16/h2-5,7,9-11H,6,8,12-14H2,1H3,(H,25,26,28). The van der Waals surface area contributed by atoms with Crippen LogP contribution >= 0.6 is 0 Å². The summed E-state index contributed by atoms with van der Waals surface area (Å²) in [4.78, 5) is 26.6. The van der Waals surface area contributed by atoms with E-state index >= 15 is 0 Å². The SMILES string of the molecule is COc1ccc2c(c1)C=C(CN1CCc3c(nc(-c4cccnc4)[nH]c3=O)C1)CO2. The summed E-state index contributed by atoms with van der Waals surface area (Å²) in [6.07, 6.45) is 6.27. The summed E-state index contributed by atoms with van der Waals surface area (Å²) in [6.45, 7) is 2.78. The molecule has 1 aromatic carbocycles. The van der Waals surface area contributed by atoms with Crippen molar-refractivity contribution in [1.82, 2.24) is 19.9 Å². The highest BCUT2D eigenvalue weighted by molar-refractivity contribution is 5.64. The molecule has 2 aliphatic heterocycles. The van der Waals surface area contributed by atoms with Gasteiger partial charge in [-0.1, -0.05) is 0 Å². The van der Waals surface area contributed by atoms with E-state index < -0.39 is 0 Å². The maximum Gasteiger partial charge on any atom is 0.254 e. The first-order valence-electron chi connectivity index (χ1n) is 9.95. The van der Waals surface area contributed by atoms with Crippen LogP contribution in [-0.4, -0.2) is 46.7 Å². The fourth-order valence-electron chi connectivity index (χ4n) is 3.98. The minimum Gasteiger partial charge on any atom is -0.497 e. The van der Waals surface area contributed by atoms with E-state index in [0.29, 0.717) is 25.4 Å². The van der Waals surface area contributed by atoms with Crippen LogP contribution < -0.4 is 15.0 Å². The predicted octanol–water partition coefficient (Wildman–Crippen LogP) is 2.67. The molecule has 0 aliphatic carbocycles. The van der Waals surface area contributed by atoms with Gasteiger partial charge in [-0.15, -0.1) is 0 Å². The maximum atomic E-state index is 12.6. The second-order valence-electron chi connectivity index (χ2n) is 7.54. The summed E-state index contributed by atoms with van der Waals surface area (Å²) < 4.78 is 11.2. The number of nitrogens with zero attached hydrogens (tertiary/aromatic N) is 3. The first kappa shape index (κ1) is 18.6. The first-order chi connectivity index (χ1) is 14.7. The Labute approximate surface area is 174 Å². The molecule has 0 radical (unpaired) electrons. The van der Waals surface area contributed by atoms with Crippen LogP contribution in [0.15, 0.2) is 53.1 Å². The molecule has 0 unspecified atom stereocenters. The molecule has 3 aromatic rings. The average Bonchev–Trinajstić information content (AvgIpc) is 2.79. The number of nitrogens with one attached hydrogen (secondary N) is 1. The van der Waals surface area contributed by atoms with Gasteiger partial charge in [0, 0.05) is 48.7 Å². The number of methoxy groups -OCH3 is 1. The summed E-state index contributed by atoms with van der Waals surface area (Å²) in [5.41, 5.74) is 4.59. The van der Waals surface area contributed by atoms with Crippen molar-refractivity contribution in [2.24, 2.45) is 0 Å². The third kappa shape index (κ3) is 3.59. The van der Waals surface area contributed by atoms with Gasteiger partial charge in [0.05, 0.1) is 12.8 Å². The average molecular weight is 402 g/mol. The normalized spacial score (nSPS) is 15.6. The highest BCUT2D eigenvalue weighted by atomic mass is 16.5. The third-order valence-electron chi connectivity index (χ3n) is 5.50. The van der Waals surface area contributed by atoms with Gasteiger partial charge in [0.15, 0.2) is 0 Å². The quantitative estimate of drug-likeness (QED) is 0.723. The van der Waals surface area contributed by atoms with Crippen molar-refractivity contribution in [3.8, 4) is 22.9 Å². The van der Waals surface area contributed by atoms with Gasteiger partial charge in [-0.3, -0.25) is 14.7 Å². The van der Waals surface area contributed by atoms with Gasteiger partial charge in [-0.25, -0.2) is 4.98 Å². The molecule has 2 aromatic heterocycles. The number of H-pyrrole nitrogens is 1. The Balaban J connectivity index is 1.37. The molecule has 1 N–H and O–H groups in total. The van der Waals surface area contributed by atoms with Gasteiger partial charge in [0.25, 0.3) is 5.56 Å². The second kappa shape index (κ2) is 7.76. The van der Waals surface area contributed by atoms with Crippen LogP contribution in [0.1, 0.15) is 16.8 Å². The summed E-state index contributed by atoms with van der Waals surface area (Å²) in [5, 5.41) is 0. The highest BCUT2D eigenvalue weighted by Crippen LogP contribution is 2.30. The van der Waals surface area contributed by atoms with E-state index in [2.05, 4.69) is 20.9 Å². The van der Waals surface area contributed by atoms with Crippen molar-refractivity contribution in [2.45, 2.75) is 13.0 Å². The zero-order valence-corrected chi connectivity index (χ0v) is 16.7. The van der Waals surface area contributed by atoms with Crippen molar-refractivity contribution in [3.05, 3.63) is 75.5 Å². The number of fused-ring (bicyclic) bond motifs is 2. The number of aromatic nitrogens is 3. The van der Waals surface area contributed by atoms with Crippen molar-refractivity contribution in [1.29, 1.82) is 0 Å². The largest absolute Gasteiger partial charge is 0.497 e. The summed E-state index contributed by atoms with van der Waals surface area (Å²) in [7, 11) is 1.66. The van der Waals surface area contributed by atoms with Crippen LogP contribution in [0.2, 0.25) is 0 Å². The summed E-state index contributed by atoms with van der Waals surface area (Å²) in [6, 6.07) is 9.57. The predicted molar refractivity (Wildman–Crippen MR) is 114 cm³/mol. The molecule has 0 bridgehead atoms. The van der Waals surface area contributed by atoms with Gasteiger partial charge < -0.3 is 14.5 Å². The lowest BCUT2D eigenvalue weighted by Gasteiger charge is -2.29. The van der Waals surface area contributed by atoms with Crippen molar-refractivity contribution >= 4 is 6.08 Å². The molecule has 0 saturated carbocycles. The molecule has 7 heteroatoms. The fourth-order valence-corrected chi connectivity index (χ4v) is 3.98. The molecule has 0 amide bonds. The molecule has 0 saturated heterocycles. The third-order valence-corrected chi connectivity index (χ3v) is 5.50. The Bertz CT molecular complexity index is 1170. The Morgan fingerprint density at radius 1 is 1.30 bits per heavy atom. The molecule has 0 atom stereocenters. The van der Waals surface area contributed by atoms with E-state index in [1.54, 1.807) is 19.5 Å². The lowest BCUT2D eigenvalue weighted by Crippen LogP contribution is -2.37. The minimum atomic E-state index is -0.0558. The summed E-state index contributed by atoms with van der Waals surface area (Å²) >= 11 is 0. The molecule has 0 spiro atoms. The van der Waals surface area contributed by atoms with Crippen LogP contribution in [0, 0.1) is 0 Å². The van der Waals surface area contributed by atoms with Crippen LogP contribution in [-0.2, 0) is 13.0 Å². The molecular weight excluding hydrogens is 380 g/mol. The molecular formula is C23H22N4O3. The van der Waals surface area contributed by atoms with E-state index in [9.17, 15) is 4.79 Å². The van der Waals surface area contributed by atoms with Gasteiger partial charge in [-0.2, -0.15) is 0 Å². The van der Waals surface area contributed by atoms with E-state index in [1.807, 2.05) is 30.3 Å². The lowest BCUT2D eigenvalue weighted by molar-refractivity contribution is 0.253. The Kier molecular flexibility index (Phi) is 4.80. The Morgan fingerprint density at radius 3 is 3.07 bits per heavy atom. The number of ether oxygens (including phenoxy) is 2. The molecule has 7 nitrogen and oxygen atoms in total. The van der Waals surface area contributed by atoms with Gasteiger partial charge in [0.2, 0.25) is 0 Å². The van der Waals surface area contributed by atoms with Crippen molar-refractivity contribution in [3.63, 3.8) is 0 Å². The van der Waals surface area contributed by atoms with E-state index in [-0.39, 0.29) is 5.56 Å². The minimum absolute atomic E-state index is 0.0558. The van der Waals surface area contributed by atoms with Crippen molar-refractivity contribution < 1.29 is 9.47 Å². The topological polar surface area (TPSA) is 80.3 Å². The highest BCUT2D eigenvalue weighted by Gasteiger charge is 2.23. The maximum absolute atomic E-state index is 12.6. The lowest BCUT2D eigenvalue weighted by atomic mass is 10.0. The number of aromatic amines is 1. The zero-order valence-electron chi connectivity index (χ0n) is 16.7. The number of pyridine rings is 1. The van der Waals surface area contributed by atoms with Crippen molar-refractivity contribution in [2.75, 3.05) is 26.8 Å². The first-order valence-corrected chi connectivity index (χ1v) is 9.95. The van der Waals surface area contributed by atoms with Crippen LogP contribution in [0.5, 0.6) is 11.5 Å². The molecule has 152 valence electrons. The number of rotatable bonds is 4. The van der Waals surface area contributed by atoms with E-state index in [1.165, 1.54) is 5.57 Å².